The summed E-state index contributed by atoms with van der Waals surface area (Å²) >= 11 is 0. The van der Waals surface area contributed by atoms with Crippen LogP contribution in [0, 0.1) is 0 Å². The first-order chi connectivity index (χ1) is 6.90. The first kappa shape index (κ1) is 11.7. The summed E-state index contributed by atoms with van der Waals surface area (Å²) in [5, 5.41) is 4.94. The normalized spacial score (nSPS) is 11.4. The smallest absolute Gasteiger partial charge is 0.354 e. The molecule has 0 radical (unpaired) electrons. The van der Waals surface area contributed by atoms with Gasteiger partial charge in [0.05, 0.1) is 7.11 Å². The first-order valence-corrected chi connectivity index (χ1v) is 5.76. The zero-order valence-electron chi connectivity index (χ0n) is 8.43. The Balaban J connectivity index is 3.29. The molecule has 0 amide bonds. The molecular weight excluding hydrogens is 220 g/mol. The van der Waals surface area contributed by atoms with E-state index in [4.69, 9.17) is 5.14 Å². The van der Waals surface area contributed by atoms with Gasteiger partial charge in [0.2, 0.25) is 10.0 Å². The van der Waals surface area contributed by atoms with Gasteiger partial charge < -0.3 is 9.30 Å². The van der Waals surface area contributed by atoms with Gasteiger partial charge in [-0.15, -0.1) is 0 Å². The van der Waals surface area contributed by atoms with Gasteiger partial charge in [-0.1, -0.05) is 0 Å². The van der Waals surface area contributed by atoms with Crippen LogP contribution < -0.4 is 5.14 Å². The van der Waals surface area contributed by atoms with E-state index in [1.807, 2.05) is 0 Å². The number of nitrogens with zero attached hydrogens (tertiary/aromatic N) is 1. The molecule has 84 valence electrons. The predicted octanol–water partition coefficient (Wildman–Crippen LogP) is -0.0580. The van der Waals surface area contributed by atoms with Crippen molar-refractivity contribution in [3.8, 4) is 0 Å². The zero-order valence-corrected chi connectivity index (χ0v) is 9.24. The van der Waals surface area contributed by atoms with Crippen LogP contribution in [0.5, 0.6) is 0 Å². The van der Waals surface area contributed by atoms with Crippen LogP contribution in [0.4, 0.5) is 0 Å². The third-order valence-electron chi connectivity index (χ3n) is 1.94. The largest absolute Gasteiger partial charge is 0.464 e. The highest BCUT2D eigenvalue weighted by Gasteiger charge is 2.18. The molecule has 1 aromatic rings. The van der Waals surface area contributed by atoms with Crippen molar-refractivity contribution in [2.24, 2.45) is 5.14 Å². The maximum atomic E-state index is 11.3. The van der Waals surface area contributed by atoms with Crippen LogP contribution in [0.1, 0.15) is 17.4 Å². The predicted molar refractivity (Wildman–Crippen MR) is 52.8 cm³/mol. The molecule has 0 bridgehead atoms. The second-order valence-electron chi connectivity index (χ2n) is 2.88. The molecule has 0 spiro atoms. The Bertz CT molecular complexity index is 475. The van der Waals surface area contributed by atoms with Crippen LogP contribution in [0.2, 0.25) is 0 Å². The number of aryl methyl sites for hydroxylation is 1. The van der Waals surface area contributed by atoms with Crippen LogP contribution in [-0.2, 0) is 21.3 Å². The Morgan fingerprint density at radius 3 is 2.60 bits per heavy atom. The van der Waals surface area contributed by atoms with Crippen LogP contribution in [0.15, 0.2) is 17.2 Å². The minimum absolute atomic E-state index is 0.0928. The number of aromatic nitrogens is 1. The fourth-order valence-electron chi connectivity index (χ4n) is 1.18. The van der Waals surface area contributed by atoms with E-state index in [1.165, 1.54) is 23.9 Å². The standard InChI is InChI=1S/C8H12N2O4S/c1-3-10-5-6(15(9,12)13)4-7(10)8(11)14-2/h4-5H,3H2,1-2H3,(H2,9,12,13). The Hall–Kier alpha value is -1.34. The van der Waals surface area contributed by atoms with E-state index in [1.54, 1.807) is 6.92 Å². The average Bonchev–Trinajstić information content (AvgIpc) is 2.59. The third-order valence-corrected chi connectivity index (χ3v) is 2.82. The molecule has 1 rings (SSSR count). The van der Waals surface area contributed by atoms with Gasteiger partial charge in [0.1, 0.15) is 10.6 Å². The second-order valence-corrected chi connectivity index (χ2v) is 4.45. The molecule has 0 fully saturated rings. The van der Waals surface area contributed by atoms with Crippen LogP contribution in [0.3, 0.4) is 0 Å². The second kappa shape index (κ2) is 4.03. The Morgan fingerprint density at radius 1 is 1.60 bits per heavy atom. The molecule has 6 nitrogen and oxygen atoms in total. The maximum Gasteiger partial charge on any atom is 0.354 e. The van der Waals surface area contributed by atoms with Crippen molar-refractivity contribution in [1.82, 2.24) is 4.57 Å². The van der Waals surface area contributed by atoms with Crippen LogP contribution in [0.25, 0.3) is 0 Å². The van der Waals surface area contributed by atoms with Gasteiger partial charge in [0.25, 0.3) is 0 Å². The molecule has 15 heavy (non-hydrogen) atoms. The summed E-state index contributed by atoms with van der Waals surface area (Å²) in [5.41, 5.74) is 0.170. The number of methoxy groups -OCH3 is 1. The van der Waals surface area contributed by atoms with E-state index in [0.717, 1.165) is 0 Å². The van der Waals surface area contributed by atoms with E-state index in [2.05, 4.69) is 4.74 Å². The fourth-order valence-corrected chi connectivity index (χ4v) is 1.73. The van der Waals surface area contributed by atoms with Gasteiger partial charge in [0, 0.05) is 12.7 Å². The van der Waals surface area contributed by atoms with Crippen molar-refractivity contribution >= 4 is 16.0 Å². The monoisotopic (exact) mass is 232 g/mol. The van der Waals surface area contributed by atoms with Crippen molar-refractivity contribution in [2.75, 3.05) is 7.11 Å². The van der Waals surface area contributed by atoms with Gasteiger partial charge in [0.15, 0.2) is 0 Å². The number of rotatable bonds is 3. The number of sulfonamides is 1. The molecule has 0 saturated carbocycles. The van der Waals surface area contributed by atoms with E-state index in [9.17, 15) is 13.2 Å². The number of carbonyl (C=O) groups is 1. The first-order valence-electron chi connectivity index (χ1n) is 4.21. The maximum absolute atomic E-state index is 11.3. The summed E-state index contributed by atoms with van der Waals surface area (Å²) in [6, 6.07) is 1.20. The summed E-state index contributed by atoms with van der Waals surface area (Å²) in [6.45, 7) is 2.24. The summed E-state index contributed by atoms with van der Waals surface area (Å²) in [6.07, 6.45) is 1.31. The molecule has 1 heterocycles. The number of ether oxygens (including phenoxy) is 1. The molecule has 0 aliphatic heterocycles. The lowest BCUT2D eigenvalue weighted by Crippen LogP contribution is -2.11. The summed E-state index contributed by atoms with van der Waals surface area (Å²) in [7, 11) is -2.56. The fraction of sp³-hybridized carbons (Fsp3) is 0.375. The molecule has 0 saturated heterocycles. The van der Waals surface area contributed by atoms with Crippen molar-refractivity contribution in [1.29, 1.82) is 0 Å². The van der Waals surface area contributed by atoms with E-state index in [-0.39, 0.29) is 10.6 Å². The SMILES string of the molecule is CCn1cc(S(N)(=O)=O)cc1C(=O)OC. The van der Waals surface area contributed by atoms with Gasteiger partial charge >= 0.3 is 5.97 Å². The highest BCUT2D eigenvalue weighted by Crippen LogP contribution is 2.13. The lowest BCUT2D eigenvalue weighted by atomic mass is 10.4. The van der Waals surface area contributed by atoms with E-state index >= 15 is 0 Å². The Labute approximate surface area is 87.7 Å². The summed E-state index contributed by atoms with van der Waals surface area (Å²) < 4.78 is 28.0. The quantitative estimate of drug-likeness (QED) is 0.739. The average molecular weight is 232 g/mol. The molecule has 0 aliphatic rings. The molecule has 7 heteroatoms. The van der Waals surface area contributed by atoms with Gasteiger partial charge in [-0.2, -0.15) is 0 Å². The molecule has 2 N–H and O–H groups in total. The van der Waals surface area contributed by atoms with Crippen molar-refractivity contribution in [2.45, 2.75) is 18.4 Å². The molecule has 1 aromatic heterocycles. The van der Waals surface area contributed by atoms with Crippen molar-refractivity contribution in [3.05, 3.63) is 18.0 Å². The summed E-state index contributed by atoms with van der Waals surface area (Å²) in [5.74, 6) is -0.591. The zero-order chi connectivity index (χ0) is 11.6. The molecular formula is C8H12N2O4S. The number of hydrogen-bond acceptors (Lipinski definition) is 4. The molecule has 0 aliphatic carbocycles. The van der Waals surface area contributed by atoms with Crippen LogP contribution in [-0.4, -0.2) is 26.1 Å². The molecule has 0 unspecified atom stereocenters. The lowest BCUT2D eigenvalue weighted by molar-refractivity contribution is 0.0588. The van der Waals surface area contributed by atoms with E-state index in [0.29, 0.717) is 6.54 Å². The number of primary sulfonamides is 1. The van der Waals surface area contributed by atoms with Crippen molar-refractivity contribution < 1.29 is 17.9 Å². The van der Waals surface area contributed by atoms with Gasteiger partial charge in [-0.05, 0) is 13.0 Å². The minimum Gasteiger partial charge on any atom is -0.464 e. The summed E-state index contributed by atoms with van der Waals surface area (Å²) in [4.78, 5) is 11.2. The minimum atomic E-state index is -3.78. The Kier molecular flexibility index (Phi) is 3.15. The van der Waals surface area contributed by atoms with Gasteiger partial charge in [-0.3, -0.25) is 0 Å². The number of carbonyl (C=O) groups excluding carboxylic acids is 1. The third kappa shape index (κ3) is 2.37. The molecule has 0 atom stereocenters. The van der Waals surface area contributed by atoms with Crippen molar-refractivity contribution in [3.63, 3.8) is 0 Å². The number of hydrogen-bond donors (Lipinski definition) is 1. The Morgan fingerprint density at radius 2 is 2.20 bits per heavy atom. The number of esters is 1. The lowest BCUT2D eigenvalue weighted by Gasteiger charge is -2.02. The van der Waals surface area contributed by atoms with Gasteiger partial charge in [-0.25, -0.2) is 18.4 Å². The number of nitrogens with two attached hydrogens (primary N) is 1. The highest BCUT2D eigenvalue weighted by atomic mass is 32.2. The topological polar surface area (TPSA) is 91.4 Å². The van der Waals surface area contributed by atoms with Crippen LogP contribution >= 0.6 is 0 Å². The highest BCUT2D eigenvalue weighted by molar-refractivity contribution is 7.89. The molecule has 0 aromatic carbocycles. The van der Waals surface area contributed by atoms with E-state index < -0.39 is 16.0 Å².